The number of aromatic nitrogens is 5. The van der Waals surface area contributed by atoms with E-state index in [4.69, 9.17) is 9.52 Å². The van der Waals surface area contributed by atoms with Gasteiger partial charge in [-0.25, -0.2) is 4.68 Å². The third-order valence-electron chi connectivity index (χ3n) is 4.36. The molecule has 4 rings (SSSR count). The zero-order valence-corrected chi connectivity index (χ0v) is 16.4. The summed E-state index contributed by atoms with van der Waals surface area (Å²) in [5.74, 6) is 1.13. The zero-order valence-electron chi connectivity index (χ0n) is 16.4. The van der Waals surface area contributed by atoms with Crippen molar-refractivity contribution in [2.45, 2.75) is 46.0 Å². The summed E-state index contributed by atoms with van der Waals surface area (Å²) in [6, 6.07) is 7.77. The summed E-state index contributed by atoms with van der Waals surface area (Å²) in [5, 5.41) is 18.2. The monoisotopic (exact) mass is 365 g/mol. The minimum atomic E-state index is -0.198. The van der Waals surface area contributed by atoms with E-state index in [1.807, 2.05) is 35.8 Å². The third kappa shape index (κ3) is 2.90. The van der Waals surface area contributed by atoms with Gasteiger partial charge < -0.3 is 4.42 Å². The Labute approximate surface area is 156 Å². The molecule has 4 aromatic rings. The number of azo groups is 1. The van der Waals surface area contributed by atoms with Crippen molar-refractivity contribution in [3.8, 4) is 0 Å². The van der Waals surface area contributed by atoms with E-state index < -0.39 is 0 Å². The second-order valence-corrected chi connectivity index (χ2v) is 7.98. The molecule has 0 fully saturated rings. The maximum absolute atomic E-state index is 5.66. The van der Waals surface area contributed by atoms with Crippen molar-refractivity contribution in [3.05, 3.63) is 35.8 Å². The Kier molecular flexibility index (Phi) is 3.87. The Morgan fingerprint density at radius 1 is 1.07 bits per heavy atom. The van der Waals surface area contributed by atoms with Crippen LogP contribution < -0.4 is 0 Å². The molecule has 0 radical (unpaired) electrons. The average Bonchev–Trinajstić information content (AvgIpc) is 3.25. The average molecular weight is 365 g/mol. The smallest absolute Gasteiger partial charge is 0.341 e. The van der Waals surface area contributed by atoms with Gasteiger partial charge in [0.05, 0.1) is 5.69 Å². The Morgan fingerprint density at radius 3 is 2.48 bits per heavy atom. The Balaban J connectivity index is 1.88. The van der Waals surface area contributed by atoms with Gasteiger partial charge in [0, 0.05) is 18.4 Å². The van der Waals surface area contributed by atoms with E-state index in [0.717, 1.165) is 22.7 Å². The fraction of sp³-hybridized carbons (Fsp3) is 0.421. The summed E-state index contributed by atoms with van der Waals surface area (Å²) in [4.78, 5) is 4.36. The van der Waals surface area contributed by atoms with E-state index in [-0.39, 0.29) is 17.3 Å². The van der Waals surface area contributed by atoms with Crippen molar-refractivity contribution in [2.75, 3.05) is 0 Å². The lowest BCUT2D eigenvalue weighted by Gasteiger charge is -2.15. The molecule has 27 heavy (non-hydrogen) atoms. The Hall–Kier alpha value is -3.03. The summed E-state index contributed by atoms with van der Waals surface area (Å²) in [5.41, 5.74) is 3.60. The second kappa shape index (κ2) is 6.00. The predicted molar refractivity (Wildman–Crippen MR) is 103 cm³/mol. The van der Waals surface area contributed by atoms with Crippen LogP contribution in [-0.2, 0) is 12.5 Å². The van der Waals surface area contributed by atoms with Crippen molar-refractivity contribution < 1.29 is 4.42 Å². The molecule has 0 unspecified atom stereocenters. The number of rotatable bonds is 3. The van der Waals surface area contributed by atoms with Gasteiger partial charge in [-0.3, -0.25) is 0 Å². The second-order valence-electron chi connectivity index (χ2n) is 7.98. The van der Waals surface area contributed by atoms with E-state index >= 15 is 0 Å². The quantitative estimate of drug-likeness (QED) is 0.476. The highest BCUT2D eigenvalue weighted by Crippen LogP contribution is 2.36. The van der Waals surface area contributed by atoms with Crippen LogP contribution in [0.4, 0.5) is 11.7 Å². The first-order valence-electron chi connectivity index (χ1n) is 8.99. The first-order chi connectivity index (χ1) is 12.8. The molecule has 0 aliphatic carbocycles. The van der Waals surface area contributed by atoms with E-state index in [9.17, 15) is 0 Å². The molecule has 0 atom stereocenters. The minimum absolute atomic E-state index is 0.198. The lowest BCUT2D eigenvalue weighted by atomic mass is 9.91. The van der Waals surface area contributed by atoms with Gasteiger partial charge in [-0.15, -0.1) is 5.11 Å². The zero-order chi connectivity index (χ0) is 19.3. The Bertz CT molecular complexity index is 1120. The molecule has 0 amide bonds. The third-order valence-corrected chi connectivity index (χ3v) is 4.36. The summed E-state index contributed by atoms with van der Waals surface area (Å²) >= 11 is 0. The van der Waals surface area contributed by atoms with E-state index in [2.05, 4.69) is 54.9 Å². The van der Waals surface area contributed by atoms with Gasteiger partial charge >= 0.3 is 6.01 Å². The van der Waals surface area contributed by atoms with Gasteiger partial charge in [0.2, 0.25) is 0 Å². The van der Waals surface area contributed by atoms with Crippen molar-refractivity contribution in [1.82, 2.24) is 24.4 Å². The molecular weight excluding hydrogens is 342 g/mol. The molecule has 0 saturated heterocycles. The molecule has 1 aromatic carbocycles. The van der Waals surface area contributed by atoms with E-state index in [0.29, 0.717) is 11.3 Å². The van der Waals surface area contributed by atoms with Crippen LogP contribution in [0, 0.1) is 0 Å². The fourth-order valence-corrected chi connectivity index (χ4v) is 3.05. The molecule has 8 heteroatoms. The number of para-hydroxylation sites is 2. The summed E-state index contributed by atoms with van der Waals surface area (Å²) < 4.78 is 9.33. The molecule has 0 N–H and O–H groups in total. The van der Waals surface area contributed by atoms with Gasteiger partial charge in [-0.05, 0) is 12.1 Å². The molecule has 0 saturated carbocycles. The molecule has 0 aliphatic rings. The molecular formula is C19H23N7O. The number of hydrogen-bond acceptors (Lipinski definition) is 6. The van der Waals surface area contributed by atoms with Gasteiger partial charge in [0.1, 0.15) is 5.52 Å². The molecule has 0 bridgehead atoms. The van der Waals surface area contributed by atoms with Crippen LogP contribution >= 0.6 is 0 Å². The molecule has 0 spiro atoms. The topological polar surface area (TPSA) is 85.9 Å². The maximum atomic E-state index is 5.66. The van der Waals surface area contributed by atoms with Crippen LogP contribution in [0.2, 0.25) is 0 Å². The number of benzene rings is 1. The molecule has 3 heterocycles. The normalized spacial score (nSPS) is 13.0. The van der Waals surface area contributed by atoms with E-state index in [1.165, 1.54) is 0 Å². The maximum Gasteiger partial charge on any atom is 0.341 e. The van der Waals surface area contributed by atoms with Crippen LogP contribution in [0.3, 0.4) is 0 Å². The first kappa shape index (κ1) is 17.4. The van der Waals surface area contributed by atoms with Crippen molar-refractivity contribution >= 4 is 28.4 Å². The molecule has 3 aromatic heterocycles. The Morgan fingerprint density at radius 2 is 1.81 bits per heavy atom. The standard InChI is InChI=1S/C19H23N7O/c1-11(2)16-24-25(6)17-14(15(19(3,4)5)23-26(16)17)21-22-18-20-12-9-7-8-10-13(12)27-18/h7-11H,1-6H3/b22-21+. The highest BCUT2D eigenvalue weighted by atomic mass is 16.4. The van der Waals surface area contributed by atoms with Crippen molar-refractivity contribution in [1.29, 1.82) is 0 Å². The lowest BCUT2D eigenvalue weighted by Crippen LogP contribution is -2.13. The van der Waals surface area contributed by atoms with Gasteiger partial charge in [0.15, 0.2) is 22.7 Å². The van der Waals surface area contributed by atoms with Crippen LogP contribution in [-0.4, -0.2) is 24.4 Å². The number of oxazole rings is 1. The van der Waals surface area contributed by atoms with Gasteiger partial charge in [0.25, 0.3) is 0 Å². The van der Waals surface area contributed by atoms with Crippen molar-refractivity contribution in [2.24, 2.45) is 17.3 Å². The van der Waals surface area contributed by atoms with Crippen LogP contribution in [0.15, 0.2) is 38.9 Å². The summed E-state index contributed by atoms with van der Waals surface area (Å²) in [6.07, 6.45) is 0. The van der Waals surface area contributed by atoms with Gasteiger partial charge in [-0.2, -0.15) is 19.7 Å². The molecule has 140 valence electrons. The SMILES string of the molecule is CC(C)c1nn(C)c2c(/N=N/c3nc4ccccc4o3)c(C(C)(C)C)nn12. The van der Waals surface area contributed by atoms with Gasteiger partial charge in [-0.1, -0.05) is 51.9 Å². The molecule has 0 aliphatic heterocycles. The van der Waals surface area contributed by atoms with Crippen molar-refractivity contribution in [3.63, 3.8) is 0 Å². The largest absolute Gasteiger partial charge is 0.421 e. The molecule has 8 nitrogen and oxygen atoms in total. The minimum Gasteiger partial charge on any atom is -0.421 e. The van der Waals surface area contributed by atoms with Crippen LogP contribution in [0.5, 0.6) is 0 Å². The summed E-state index contributed by atoms with van der Waals surface area (Å²) in [6.45, 7) is 10.5. The van der Waals surface area contributed by atoms with E-state index in [1.54, 1.807) is 4.68 Å². The number of aryl methyl sites for hydroxylation is 1. The highest BCUT2D eigenvalue weighted by molar-refractivity contribution is 5.73. The highest BCUT2D eigenvalue weighted by Gasteiger charge is 2.28. The summed E-state index contributed by atoms with van der Waals surface area (Å²) in [7, 11) is 1.90. The lowest BCUT2D eigenvalue weighted by molar-refractivity contribution is 0.557. The van der Waals surface area contributed by atoms with Crippen LogP contribution in [0.1, 0.15) is 52.1 Å². The number of fused-ring (bicyclic) bond motifs is 2. The number of hydrogen-bond donors (Lipinski definition) is 0. The fourth-order valence-electron chi connectivity index (χ4n) is 3.05. The first-order valence-corrected chi connectivity index (χ1v) is 8.99. The van der Waals surface area contributed by atoms with Crippen LogP contribution in [0.25, 0.3) is 16.7 Å². The predicted octanol–water partition coefficient (Wildman–Crippen LogP) is 5.05. The number of nitrogens with zero attached hydrogens (tertiary/aromatic N) is 7.